The molecule has 5 heteroatoms. The highest BCUT2D eigenvalue weighted by atomic mass is 32.2. The number of hydrogen-bond donors (Lipinski definition) is 0. The molecule has 2 rings (SSSR count). The molecule has 4 nitrogen and oxygen atoms in total. The van der Waals surface area contributed by atoms with Crippen molar-refractivity contribution >= 4 is 9.84 Å². The molecule has 18 heavy (non-hydrogen) atoms. The van der Waals surface area contributed by atoms with E-state index in [2.05, 4.69) is 18.7 Å². The SMILES string of the molecule is CC(C)OCC12CCCN1CC(CS(C)(=O)=O)C2. The second-order valence-electron chi connectivity index (χ2n) is 6.30. The summed E-state index contributed by atoms with van der Waals surface area (Å²) in [7, 11) is -2.86. The van der Waals surface area contributed by atoms with Gasteiger partial charge in [0, 0.05) is 18.3 Å². The van der Waals surface area contributed by atoms with E-state index in [0.29, 0.717) is 5.75 Å². The minimum absolute atomic E-state index is 0.125. The van der Waals surface area contributed by atoms with E-state index >= 15 is 0 Å². The fourth-order valence-corrected chi connectivity index (χ4v) is 4.59. The van der Waals surface area contributed by atoms with Gasteiger partial charge in [-0.3, -0.25) is 4.90 Å². The average molecular weight is 275 g/mol. The summed E-state index contributed by atoms with van der Waals surface area (Å²) in [6.45, 7) is 6.89. The van der Waals surface area contributed by atoms with Gasteiger partial charge in [0.25, 0.3) is 0 Å². The molecule has 0 radical (unpaired) electrons. The van der Waals surface area contributed by atoms with Gasteiger partial charge in [-0.2, -0.15) is 0 Å². The molecule has 0 spiro atoms. The minimum Gasteiger partial charge on any atom is -0.377 e. The van der Waals surface area contributed by atoms with Crippen molar-refractivity contribution in [2.45, 2.75) is 44.8 Å². The summed E-state index contributed by atoms with van der Waals surface area (Å²) < 4.78 is 28.7. The van der Waals surface area contributed by atoms with E-state index in [1.165, 1.54) is 12.7 Å². The standard InChI is InChI=1S/C13H25NO3S/c1-11(2)17-10-13-5-4-6-14(13)8-12(7-13)9-18(3,15)16/h11-12H,4-10H2,1-3H3. The first kappa shape index (κ1) is 14.3. The van der Waals surface area contributed by atoms with Crippen LogP contribution in [0.2, 0.25) is 0 Å². The van der Waals surface area contributed by atoms with Crippen LogP contribution in [0.1, 0.15) is 33.1 Å². The number of nitrogens with zero attached hydrogens (tertiary/aromatic N) is 1. The van der Waals surface area contributed by atoms with Crippen LogP contribution in [0.3, 0.4) is 0 Å². The zero-order valence-corrected chi connectivity index (χ0v) is 12.5. The molecule has 2 fully saturated rings. The second-order valence-corrected chi connectivity index (χ2v) is 8.48. The summed E-state index contributed by atoms with van der Waals surface area (Å²) in [6, 6.07) is 0. The van der Waals surface area contributed by atoms with Crippen molar-refractivity contribution in [3.05, 3.63) is 0 Å². The second kappa shape index (κ2) is 5.10. The molecule has 2 saturated heterocycles. The molecule has 2 aliphatic heterocycles. The Bertz CT molecular complexity index is 393. The molecule has 0 N–H and O–H groups in total. The lowest BCUT2D eigenvalue weighted by molar-refractivity contribution is 0.00293. The van der Waals surface area contributed by atoms with Crippen molar-refractivity contribution in [3.8, 4) is 0 Å². The molecule has 0 aromatic heterocycles. The number of ether oxygens (including phenoxy) is 1. The van der Waals surface area contributed by atoms with Crippen LogP contribution in [0.25, 0.3) is 0 Å². The monoisotopic (exact) mass is 275 g/mol. The van der Waals surface area contributed by atoms with Gasteiger partial charge in [-0.15, -0.1) is 0 Å². The number of fused-ring (bicyclic) bond motifs is 1. The molecule has 2 aliphatic rings. The number of rotatable bonds is 5. The van der Waals surface area contributed by atoms with Crippen LogP contribution in [0.4, 0.5) is 0 Å². The van der Waals surface area contributed by atoms with Crippen LogP contribution in [0.15, 0.2) is 0 Å². The Kier molecular flexibility index (Phi) is 4.04. The molecule has 0 aromatic carbocycles. The van der Waals surface area contributed by atoms with Gasteiger partial charge < -0.3 is 4.74 Å². The van der Waals surface area contributed by atoms with Crippen molar-refractivity contribution in [2.24, 2.45) is 5.92 Å². The summed E-state index contributed by atoms with van der Waals surface area (Å²) in [5.41, 5.74) is 0.125. The topological polar surface area (TPSA) is 46.6 Å². The highest BCUT2D eigenvalue weighted by Gasteiger charge is 2.48. The average Bonchev–Trinajstić information content (AvgIpc) is 2.68. The lowest BCUT2D eigenvalue weighted by Gasteiger charge is -2.32. The molecule has 0 saturated carbocycles. The van der Waals surface area contributed by atoms with E-state index < -0.39 is 9.84 Å². The molecule has 2 atom stereocenters. The third kappa shape index (κ3) is 3.25. The zero-order chi connectivity index (χ0) is 13.4. The maximum absolute atomic E-state index is 11.4. The van der Waals surface area contributed by atoms with E-state index in [1.54, 1.807) is 0 Å². The first-order valence-electron chi connectivity index (χ1n) is 6.85. The summed E-state index contributed by atoms with van der Waals surface area (Å²) in [4.78, 5) is 2.46. The van der Waals surface area contributed by atoms with Gasteiger partial charge >= 0.3 is 0 Å². The van der Waals surface area contributed by atoms with Crippen LogP contribution >= 0.6 is 0 Å². The van der Waals surface area contributed by atoms with Gasteiger partial charge in [0.1, 0.15) is 9.84 Å². The van der Waals surface area contributed by atoms with E-state index in [4.69, 9.17) is 4.74 Å². The molecule has 0 aromatic rings. The van der Waals surface area contributed by atoms with Crippen LogP contribution in [0, 0.1) is 5.92 Å². The Labute approximate surface area is 111 Å². The smallest absolute Gasteiger partial charge is 0.147 e. The van der Waals surface area contributed by atoms with Crippen molar-refractivity contribution in [1.29, 1.82) is 0 Å². The quantitative estimate of drug-likeness (QED) is 0.759. The zero-order valence-electron chi connectivity index (χ0n) is 11.7. The van der Waals surface area contributed by atoms with E-state index in [0.717, 1.165) is 32.5 Å². The number of sulfone groups is 1. The lowest BCUT2D eigenvalue weighted by Crippen LogP contribution is -2.43. The van der Waals surface area contributed by atoms with Gasteiger partial charge in [-0.25, -0.2) is 8.42 Å². The van der Waals surface area contributed by atoms with Gasteiger partial charge in [0.2, 0.25) is 0 Å². The first-order chi connectivity index (χ1) is 8.31. The lowest BCUT2D eigenvalue weighted by atomic mass is 9.91. The summed E-state index contributed by atoms with van der Waals surface area (Å²) in [5.74, 6) is 0.614. The van der Waals surface area contributed by atoms with E-state index in [9.17, 15) is 8.42 Å². The molecule has 0 amide bonds. The minimum atomic E-state index is -2.86. The fraction of sp³-hybridized carbons (Fsp3) is 1.00. The van der Waals surface area contributed by atoms with Gasteiger partial charge in [0.15, 0.2) is 0 Å². The Morgan fingerprint density at radius 2 is 2.17 bits per heavy atom. The maximum atomic E-state index is 11.4. The molecule has 0 bridgehead atoms. The first-order valence-corrected chi connectivity index (χ1v) is 8.91. The molecule has 2 unspecified atom stereocenters. The Morgan fingerprint density at radius 1 is 1.44 bits per heavy atom. The third-order valence-corrected chi connectivity index (χ3v) is 5.19. The van der Waals surface area contributed by atoms with Crippen LogP contribution in [0.5, 0.6) is 0 Å². The Balaban J connectivity index is 2.00. The van der Waals surface area contributed by atoms with Crippen molar-refractivity contribution in [2.75, 3.05) is 31.7 Å². The molecular weight excluding hydrogens is 250 g/mol. The Hall–Kier alpha value is -0.130. The summed E-state index contributed by atoms with van der Waals surface area (Å²) >= 11 is 0. The Morgan fingerprint density at radius 3 is 2.78 bits per heavy atom. The maximum Gasteiger partial charge on any atom is 0.147 e. The van der Waals surface area contributed by atoms with Gasteiger partial charge in [0.05, 0.1) is 18.5 Å². The van der Waals surface area contributed by atoms with Crippen molar-refractivity contribution in [3.63, 3.8) is 0 Å². The highest BCUT2D eigenvalue weighted by Crippen LogP contribution is 2.42. The van der Waals surface area contributed by atoms with Crippen molar-refractivity contribution < 1.29 is 13.2 Å². The van der Waals surface area contributed by atoms with Crippen LogP contribution < -0.4 is 0 Å². The van der Waals surface area contributed by atoms with Gasteiger partial charge in [-0.1, -0.05) is 0 Å². The number of hydrogen-bond acceptors (Lipinski definition) is 4. The largest absolute Gasteiger partial charge is 0.377 e. The normalized spacial score (nSPS) is 33.2. The highest BCUT2D eigenvalue weighted by molar-refractivity contribution is 7.90. The van der Waals surface area contributed by atoms with E-state index in [-0.39, 0.29) is 17.6 Å². The van der Waals surface area contributed by atoms with Crippen molar-refractivity contribution in [1.82, 2.24) is 4.90 Å². The predicted octanol–water partition coefficient (Wildman–Crippen LogP) is 1.31. The summed E-state index contributed by atoms with van der Waals surface area (Å²) in [6.07, 6.45) is 4.93. The summed E-state index contributed by atoms with van der Waals surface area (Å²) in [5, 5.41) is 0. The molecule has 2 heterocycles. The fourth-order valence-electron chi connectivity index (χ4n) is 3.51. The van der Waals surface area contributed by atoms with Gasteiger partial charge in [-0.05, 0) is 45.6 Å². The molecular formula is C13H25NO3S. The van der Waals surface area contributed by atoms with E-state index in [1.807, 2.05) is 0 Å². The van der Waals surface area contributed by atoms with Crippen LogP contribution in [-0.2, 0) is 14.6 Å². The molecule has 106 valence electrons. The third-order valence-electron chi connectivity index (χ3n) is 4.11. The molecule has 0 aliphatic carbocycles. The predicted molar refractivity (Wildman–Crippen MR) is 72.4 cm³/mol. The van der Waals surface area contributed by atoms with Crippen LogP contribution in [-0.4, -0.2) is 56.7 Å².